The Morgan fingerprint density at radius 2 is 1.12 bits per heavy atom. The Labute approximate surface area is 200 Å². The maximum atomic E-state index is 2.42. The third kappa shape index (κ3) is 6.37. The second-order valence-corrected chi connectivity index (χ2v) is 13.7. The molecule has 0 aromatic heterocycles. The third-order valence-electron chi connectivity index (χ3n) is 8.70. The summed E-state index contributed by atoms with van der Waals surface area (Å²) in [5, 5.41) is 0. The first-order valence-electron chi connectivity index (χ1n) is 14.0. The molecule has 0 nitrogen and oxygen atoms in total. The van der Waals surface area contributed by atoms with E-state index in [0.717, 1.165) is 23.3 Å². The number of rotatable bonds is 9. The van der Waals surface area contributed by atoms with E-state index in [1.165, 1.54) is 94.2 Å². The first-order valence-corrected chi connectivity index (χ1v) is 15.8. The van der Waals surface area contributed by atoms with Gasteiger partial charge >= 0.3 is 0 Å². The van der Waals surface area contributed by atoms with Crippen LogP contribution in [0.15, 0.2) is 48.5 Å². The molecule has 0 radical (unpaired) electrons. The van der Waals surface area contributed by atoms with Gasteiger partial charge in [0.2, 0.25) is 0 Å². The first kappa shape index (κ1) is 23.8. The highest BCUT2D eigenvalue weighted by molar-refractivity contribution is 6.37. The van der Waals surface area contributed by atoms with E-state index >= 15 is 0 Å². The predicted octanol–water partition coefficient (Wildman–Crippen LogP) is 9.26. The Balaban J connectivity index is 1.29. The van der Waals surface area contributed by atoms with Crippen molar-refractivity contribution in [1.82, 2.24) is 0 Å². The van der Waals surface area contributed by atoms with Crippen LogP contribution in [0.2, 0.25) is 11.6 Å². The SMILES string of the molecule is CCCCCC1CCC(c2ccc(-c3ccc(C4CCC([SiH2]CC)CC4)cc3)cc2)CC1. The van der Waals surface area contributed by atoms with Crippen LogP contribution in [0.3, 0.4) is 0 Å². The van der Waals surface area contributed by atoms with Crippen LogP contribution in [0, 0.1) is 5.92 Å². The van der Waals surface area contributed by atoms with Crippen LogP contribution in [-0.4, -0.2) is 9.52 Å². The van der Waals surface area contributed by atoms with Gasteiger partial charge in [-0.1, -0.05) is 112 Å². The smallest absolute Gasteiger partial charge is 0.0229 e. The predicted molar refractivity (Wildman–Crippen MR) is 145 cm³/mol. The van der Waals surface area contributed by atoms with Crippen LogP contribution in [0.25, 0.3) is 11.1 Å². The van der Waals surface area contributed by atoms with E-state index in [1.807, 2.05) is 0 Å². The lowest BCUT2D eigenvalue weighted by atomic mass is 9.77. The van der Waals surface area contributed by atoms with Gasteiger partial charge in [-0.05, 0) is 78.5 Å². The number of benzene rings is 2. The molecule has 0 unspecified atom stereocenters. The summed E-state index contributed by atoms with van der Waals surface area (Å²) in [5.74, 6) is 2.60. The molecule has 0 amide bonds. The van der Waals surface area contributed by atoms with Gasteiger partial charge < -0.3 is 0 Å². The van der Waals surface area contributed by atoms with E-state index in [2.05, 4.69) is 62.4 Å². The molecule has 0 saturated heterocycles. The van der Waals surface area contributed by atoms with Crippen molar-refractivity contribution < 1.29 is 0 Å². The number of unbranched alkanes of at least 4 members (excludes halogenated alkanes) is 2. The highest BCUT2D eigenvalue weighted by atomic mass is 28.2. The topological polar surface area (TPSA) is 0 Å². The Kier molecular flexibility index (Phi) is 9.08. The summed E-state index contributed by atoms with van der Waals surface area (Å²) in [4.78, 5) is 0. The van der Waals surface area contributed by atoms with Gasteiger partial charge in [-0.25, -0.2) is 0 Å². The lowest BCUT2D eigenvalue weighted by molar-refractivity contribution is 0.303. The normalized spacial score (nSPS) is 26.6. The van der Waals surface area contributed by atoms with Gasteiger partial charge in [0, 0.05) is 9.52 Å². The van der Waals surface area contributed by atoms with Gasteiger partial charge in [0.15, 0.2) is 0 Å². The van der Waals surface area contributed by atoms with Crippen LogP contribution in [-0.2, 0) is 0 Å². The number of hydrogen-bond donors (Lipinski definition) is 0. The second-order valence-electron chi connectivity index (χ2n) is 11.0. The summed E-state index contributed by atoms with van der Waals surface area (Å²) in [6, 6.07) is 20.7. The van der Waals surface area contributed by atoms with Crippen LogP contribution in [0.1, 0.15) is 114 Å². The van der Waals surface area contributed by atoms with Crippen molar-refractivity contribution in [1.29, 1.82) is 0 Å². The zero-order valence-electron chi connectivity index (χ0n) is 20.8. The summed E-state index contributed by atoms with van der Waals surface area (Å²) in [5.41, 5.74) is 7.05. The van der Waals surface area contributed by atoms with Crippen molar-refractivity contribution >= 4 is 9.52 Å². The average molecular weight is 447 g/mol. The molecule has 0 bridgehead atoms. The Bertz CT molecular complexity index is 774. The standard InChI is InChI=1S/C31H46Si/c1-3-5-6-7-24-8-10-25(11-9-24)26-12-14-27(15-13-26)28-16-18-29(19-17-28)30-20-22-31(23-21-30)32-4-2/h12-19,24-25,30-31H,3-11,20-23,32H2,1-2H3. The molecular formula is C31H46Si. The van der Waals surface area contributed by atoms with Crippen molar-refractivity contribution in [3.63, 3.8) is 0 Å². The van der Waals surface area contributed by atoms with E-state index in [0.29, 0.717) is 0 Å². The quantitative estimate of drug-likeness (QED) is 0.266. The lowest BCUT2D eigenvalue weighted by Gasteiger charge is -2.29. The maximum absolute atomic E-state index is 2.42. The van der Waals surface area contributed by atoms with Crippen molar-refractivity contribution in [3.8, 4) is 11.1 Å². The molecule has 2 aliphatic rings. The summed E-state index contributed by atoms with van der Waals surface area (Å²) in [6.45, 7) is 4.71. The van der Waals surface area contributed by atoms with Crippen molar-refractivity contribution in [3.05, 3.63) is 59.7 Å². The van der Waals surface area contributed by atoms with Crippen LogP contribution in [0.5, 0.6) is 0 Å². The molecule has 0 spiro atoms. The molecule has 2 fully saturated rings. The van der Waals surface area contributed by atoms with Crippen molar-refractivity contribution in [2.75, 3.05) is 0 Å². The summed E-state index contributed by atoms with van der Waals surface area (Å²) < 4.78 is 0. The van der Waals surface area contributed by atoms with Gasteiger partial charge in [0.05, 0.1) is 0 Å². The third-order valence-corrected chi connectivity index (χ3v) is 10.9. The minimum atomic E-state index is 0.213. The second kappa shape index (κ2) is 12.2. The minimum absolute atomic E-state index is 0.213. The fourth-order valence-electron chi connectivity index (χ4n) is 6.56. The van der Waals surface area contributed by atoms with Crippen molar-refractivity contribution in [2.24, 2.45) is 5.92 Å². The summed E-state index contributed by atoms with van der Waals surface area (Å²) in [7, 11) is 0.213. The maximum Gasteiger partial charge on any atom is 0.0229 e. The molecule has 2 aromatic carbocycles. The van der Waals surface area contributed by atoms with Gasteiger partial charge in [-0.2, -0.15) is 0 Å². The molecule has 0 N–H and O–H groups in total. The van der Waals surface area contributed by atoms with E-state index < -0.39 is 0 Å². The summed E-state index contributed by atoms with van der Waals surface area (Å²) >= 11 is 0. The molecule has 4 rings (SSSR count). The fraction of sp³-hybridized carbons (Fsp3) is 0.613. The van der Waals surface area contributed by atoms with Gasteiger partial charge in [0.1, 0.15) is 0 Å². The number of hydrogen-bond acceptors (Lipinski definition) is 0. The highest BCUT2D eigenvalue weighted by Crippen LogP contribution is 2.40. The van der Waals surface area contributed by atoms with Gasteiger partial charge in [-0.15, -0.1) is 0 Å². The van der Waals surface area contributed by atoms with E-state index in [1.54, 1.807) is 11.1 Å². The molecule has 0 aliphatic heterocycles. The molecule has 2 aliphatic carbocycles. The van der Waals surface area contributed by atoms with Crippen LogP contribution >= 0.6 is 0 Å². The van der Waals surface area contributed by atoms with E-state index in [4.69, 9.17) is 0 Å². The molecule has 0 heterocycles. The van der Waals surface area contributed by atoms with Gasteiger partial charge in [0.25, 0.3) is 0 Å². The molecule has 32 heavy (non-hydrogen) atoms. The Morgan fingerprint density at radius 3 is 1.59 bits per heavy atom. The van der Waals surface area contributed by atoms with E-state index in [-0.39, 0.29) is 9.52 Å². The molecule has 1 heteroatoms. The summed E-state index contributed by atoms with van der Waals surface area (Å²) in [6.07, 6.45) is 17.2. The molecule has 2 aromatic rings. The molecule has 0 atom stereocenters. The Morgan fingerprint density at radius 1 is 0.625 bits per heavy atom. The molecular weight excluding hydrogens is 400 g/mol. The Hall–Kier alpha value is -1.34. The highest BCUT2D eigenvalue weighted by Gasteiger charge is 2.23. The lowest BCUT2D eigenvalue weighted by Crippen LogP contribution is -2.13. The monoisotopic (exact) mass is 446 g/mol. The van der Waals surface area contributed by atoms with Gasteiger partial charge in [-0.3, -0.25) is 0 Å². The minimum Gasteiger partial charge on any atom is -0.0683 e. The average Bonchev–Trinajstić information content (AvgIpc) is 2.86. The van der Waals surface area contributed by atoms with Crippen molar-refractivity contribution in [2.45, 2.75) is 114 Å². The van der Waals surface area contributed by atoms with E-state index in [9.17, 15) is 0 Å². The zero-order chi connectivity index (χ0) is 22.2. The largest absolute Gasteiger partial charge is 0.0683 e. The molecule has 174 valence electrons. The zero-order valence-corrected chi connectivity index (χ0v) is 22.2. The fourth-order valence-corrected chi connectivity index (χ4v) is 8.42. The first-order chi connectivity index (χ1) is 15.8. The van der Waals surface area contributed by atoms with Crippen LogP contribution in [0.4, 0.5) is 0 Å². The molecule has 2 saturated carbocycles. The van der Waals surface area contributed by atoms with Crippen LogP contribution < -0.4 is 0 Å².